The molecule has 0 spiro atoms. The number of nitrogens with two attached hydrogens (primary N) is 1. The topological polar surface area (TPSA) is 75.3 Å². The Balaban J connectivity index is 2.43. The lowest BCUT2D eigenvalue weighted by Crippen LogP contribution is -2.29. The van der Waals surface area contributed by atoms with Crippen molar-refractivity contribution in [3.63, 3.8) is 0 Å². The van der Waals surface area contributed by atoms with Gasteiger partial charge in [-0.2, -0.15) is 0 Å². The molecule has 1 unspecified atom stereocenters. The summed E-state index contributed by atoms with van der Waals surface area (Å²) < 4.78 is 4.98. The number of oxazole rings is 1. The Kier molecular flexibility index (Phi) is 3.32. The van der Waals surface area contributed by atoms with Crippen LogP contribution in [0.25, 0.3) is 11.1 Å². The van der Waals surface area contributed by atoms with Gasteiger partial charge in [-0.3, -0.25) is 4.98 Å². The summed E-state index contributed by atoms with van der Waals surface area (Å²) >= 11 is 0. The van der Waals surface area contributed by atoms with Crippen LogP contribution in [0.4, 0.5) is 11.4 Å². The molecule has 0 amide bonds. The highest BCUT2D eigenvalue weighted by Crippen LogP contribution is 2.29. The molecule has 3 N–H and O–H groups in total. The minimum absolute atomic E-state index is 0.397. The molecule has 18 heavy (non-hydrogen) atoms. The second-order valence-corrected chi connectivity index (χ2v) is 4.67. The predicted molar refractivity (Wildman–Crippen MR) is 74.0 cm³/mol. The van der Waals surface area contributed by atoms with E-state index in [0.29, 0.717) is 22.8 Å². The van der Waals surface area contributed by atoms with E-state index >= 15 is 0 Å². The van der Waals surface area contributed by atoms with E-state index in [2.05, 4.69) is 23.7 Å². The van der Waals surface area contributed by atoms with Crippen LogP contribution in [-0.2, 0) is 0 Å². The third-order valence-corrected chi connectivity index (χ3v) is 3.32. The summed E-state index contributed by atoms with van der Waals surface area (Å²) in [5.74, 6) is -0.453. The zero-order valence-electron chi connectivity index (χ0n) is 11.0. The van der Waals surface area contributed by atoms with Gasteiger partial charge in [-0.1, -0.05) is 13.3 Å². The third kappa shape index (κ3) is 2.20. The van der Waals surface area contributed by atoms with Crippen LogP contribution in [-0.4, -0.2) is 18.1 Å². The van der Waals surface area contributed by atoms with Crippen molar-refractivity contribution in [1.82, 2.24) is 4.98 Å². The smallest absolute Gasteiger partial charge is 0.408 e. The second-order valence-electron chi connectivity index (χ2n) is 4.67. The van der Waals surface area contributed by atoms with Crippen LogP contribution in [0.3, 0.4) is 0 Å². The fraction of sp³-hybridized carbons (Fsp3) is 0.462. The summed E-state index contributed by atoms with van der Waals surface area (Å²) in [7, 11) is 2.01. The van der Waals surface area contributed by atoms with Crippen LogP contribution in [0.15, 0.2) is 21.3 Å². The monoisotopic (exact) mass is 249 g/mol. The Bertz CT molecular complexity index is 600. The third-order valence-electron chi connectivity index (χ3n) is 3.32. The van der Waals surface area contributed by atoms with Gasteiger partial charge in [0.1, 0.15) is 0 Å². The van der Waals surface area contributed by atoms with Gasteiger partial charge in [-0.05, 0) is 19.4 Å². The molecule has 0 radical (unpaired) electrons. The van der Waals surface area contributed by atoms with Crippen molar-refractivity contribution in [2.75, 3.05) is 17.7 Å². The number of nitrogens with one attached hydrogen (secondary N) is 1. The molecule has 5 nitrogen and oxygen atoms in total. The summed E-state index contributed by atoms with van der Waals surface area (Å²) in [6.07, 6.45) is 2.21. The summed E-state index contributed by atoms with van der Waals surface area (Å²) in [5, 5.41) is 0. The number of hydrogen-bond acceptors (Lipinski definition) is 4. The van der Waals surface area contributed by atoms with Crippen LogP contribution in [0.2, 0.25) is 0 Å². The van der Waals surface area contributed by atoms with E-state index in [-0.39, 0.29) is 0 Å². The second kappa shape index (κ2) is 4.76. The highest BCUT2D eigenvalue weighted by molar-refractivity contribution is 5.85. The zero-order chi connectivity index (χ0) is 13.3. The Morgan fingerprint density at radius 1 is 1.50 bits per heavy atom. The molecule has 2 rings (SSSR count). The van der Waals surface area contributed by atoms with E-state index in [4.69, 9.17) is 10.2 Å². The van der Waals surface area contributed by atoms with Gasteiger partial charge in [-0.25, -0.2) is 4.79 Å². The fourth-order valence-electron chi connectivity index (χ4n) is 2.16. The number of anilines is 2. The van der Waals surface area contributed by atoms with Crippen LogP contribution >= 0.6 is 0 Å². The maximum atomic E-state index is 11.1. The van der Waals surface area contributed by atoms with Crippen molar-refractivity contribution in [3.8, 4) is 0 Å². The lowest BCUT2D eigenvalue weighted by molar-refractivity contribution is 0.555. The normalized spacial score (nSPS) is 12.8. The first kappa shape index (κ1) is 12.5. The molecule has 0 saturated heterocycles. The van der Waals surface area contributed by atoms with Gasteiger partial charge >= 0.3 is 5.76 Å². The molecule has 0 bridgehead atoms. The summed E-state index contributed by atoms with van der Waals surface area (Å²) in [4.78, 5) is 15.9. The van der Waals surface area contributed by atoms with Crippen molar-refractivity contribution in [2.24, 2.45) is 0 Å². The number of H-pyrrole nitrogens is 1. The summed E-state index contributed by atoms with van der Waals surface area (Å²) in [6.45, 7) is 4.32. The Morgan fingerprint density at radius 2 is 2.22 bits per heavy atom. The largest absolute Gasteiger partial charge is 0.417 e. The van der Waals surface area contributed by atoms with Crippen molar-refractivity contribution < 1.29 is 4.42 Å². The van der Waals surface area contributed by atoms with E-state index in [1.165, 1.54) is 0 Å². The molecular formula is C13H19N3O2. The van der Waals surface area contributed by atoms with Crippen LogP contribution in [0.5, 0.6) is 0 Å². The zero-order valence-corrected chi connectivity index (χ0v) is 11.0. The molecule has 1 aromatic heterocycles. The highest BCUT2D eigenvalue weighted by atomic mass is 16.4. The maximum absolute atomic E-state index is 11.1. The summed E-state index contributed by atoms with van der Waals surface area (Å²) in [5.41, 5.74) is 8.73. The first-order valence-electron chi connectivity index (χ1n) is 6.18. The molecule has 0 fully saturated rings. The predicted octanol–water partition coefficient (Wildman–Crippen LogP) is 2.33. The van der Waals surface area contributed by atoms with Crippen molar-refractivity contribution in [1.29, 1.82) is 0 Å². The molecule has 2 aromatic rings. The average molecular weight is 249 g/mol. The standard InChI is InChI=1S/C13H19N3O2/c1-4-5-8(2)16(3)11-7-10-12(6-9(11)14)18-13(17)15-10/h6-8H,4-5,14H2,1-3H3,(H,15,17). The minimum atomic E-state index is -0.453. The number of aromatic amines is 1. The SMILES string of the molecule is CCCC(C)N(C)c1cc2[nH]c(=O)oc2cc1N. The quantitative estimate of drug-likeness (QED) is 0.815. The van der Waals surface area contributed by atoms with Gasteiger partial charge in [0.15, 0.2) is 5.58 Å². The number of nitrogens with zero attached hydrogens (tertiary/aromatic N) is 1. The van der Waals surface area contributed by atoms with Gasteiger partial charge in [0.2, 0.25) is 0 Å². The van der Waals surface area contributed by atoms with E-state index in [9.17, 15) is 4.79 Å². The summed E-state index contributed by atoms with van der Waals surface area (Å²) in [6, 6.07) is 3.95. The molecular weight excluding hydrogens is 230 g/mol. The van der Waals surface area contributed by atoms with E-state index in [1.807, 2.05) is 13.1 Å². The van der Waals surface area contributed by atoms with Gasteiger partial charge in [0.25, 0.3) is 0 Å². The van der Waals surface area contributed by atoms with Crippen molar-refractivity contribution >= 4 is 22.5 Å². The molecule has 1 heterocycles. The van der Waals surface area contributed by atoms with E-state index in [0.717, 1.165) is 18.5 Å². The minimum Gasteiger partial charge on any atom is -0.408 e. The van der Waals surface area contributed by atoms with Gasteiger partial charge < -0.3 is 15.1 Å². The van der Waals surface area contributed by atoms with Gasteiger partial charge in [0.05, 0.1) is 16.9 Å². The lowest BCUT2D eigenvalue weighted by atomic mass is 10.1. The first-order valence-corrected chi connectivity index (χ1v) is 6.18. The van der Waals surface area contributed by atoms with Gasteiger partial charge in [-0.15, -0.1) is 0 Å². The van der Waals surface area contributed by atoms with Crippen molar-refractivity contribution in [3.05, 3.63) is 22.7 Å². The fourth-order valence-corrected chi connectivity index (χ4v) is 2.16. The van der Waals surface area contributed by atoms with E-state index in [1.54, 1.807) is 6.07 Å². The van der Waals surface area contributed by atoms with E-state index < -0.39 is 5.76 Å². The van der Waals surface area contributed by atoms with Crippen LogP contribution in [0.1, 0.15) is 26.7 Å². The number of benzene rings is 1. The molecule has 1 aromatic carbocycles. The highest BCUT2D eigenvalue weighted by Gasteiger charge is 2.14. The lowest BCUT2D eigenvalue weighted by Gasteiger charge is -2.27. The molecule has 0 aliphatic carbocycles. The Morgan fingerprint density at radius 3 is 2.89 bits per heavy atom. The van der Waals surface area contributed by atoms with Gasteiger partial charge in [0, 0.05) is 19.2 Å². The van der Waals surface area contributed by atoms with Crippen LogP contribution in [0, 0.1) is 0 Å². The number of hydrogen-bond donors (Lipinski definition) is 2. The number of fused-ring (bicyclic) bond motifs is 1. The number of aromatic nitrogens is 1. The maximum Gasteiger partial charge on any atom is 0.417 e. The van der Waals surface area contributed by atoms with Crippen LogP contribution < -0.4 is 16.4 Å². The Hall–Kier alpha value is -1.91. The number of rotatable bonds is 4. The molecule has 0 aliphatic rings. The number of nitrogen functional groups attached to an aromatic ring is 1. The molecule has 1 atom stereocenters. The van der Waals surface area contributed by atoms with Crippen molar-refractivity contribution in [2.45, 2.75) is 32.7 Å². The molecule has 5 heteroatoms. The Labute approximate surface area is 106 Å². The molecule has 0 saturated carbocycles. The molecule has 0 aliphatic heterocycles. The first-order chi connectivity index (χ1) is 8.52. The molecule has 98 valence electrons. The average Bonchev–Trinajstić information content (AvgIpc) is 2.66.